The first-order valence-corrected chi connectivity index (χ1v) is 11.3. The lowest BCUT2D eigenvalue weighted by Gasteiger charge is -2.13. The van der Waals surface area contributed by atoms with Crippen LogP contribution in [0, 0.1) is 3.57 Å². The van der Waals surface area contributed by atoms with Crippen molar-refractivity contribution in [2.45, 2.75) is 6.92 Å². The van der Waals surface area contributed by atoms with Gasteiger partial charge in [-0.1, -0.05) is 12.7 Å². The number of aliphatic imine (C=N–C) groups is 1. The number of esters is 1. The number of hydrogen-bond donors (Lipinski definition) is 0. The highest BCUT2D eigenvalue weighted by Gasteiger charge is 2.25. The highest BCUT2D eigenvalue weighted by molar-refractivity contribution is 14.1. The van der Waals surface area contributed by atoms with E-state index in [-0.39, 0.29) is 11.6 Å². The van der Waals surface area contributed by atoms with E-state index in [0.29, 0.717) is 29.2 Å². The Balaban J connectivity index is 1.96. The fourth-order valence-electron chi connectivity index (χ4n) is 2.54. The van der Waals surface area contributed by atoms with Crippen LogP contribution in [0.4, 0.5) is 0 Å². The topological polar surface area (TPSA) is 57.1 Å². The molecule has 8 heteroatoms. The van der Waals surface area contributed by atoms with Crippen LogP contribution in [0.15, 0.2) is 62.6 Å². The largest absolute Gasteiger partial charge is 0.490 e. The van der Waals surface area contributed by atoms with Gasteiger partial charge in [-0.05, 0) is 103 Å². The number of carbonyl (C=O) groups is 1. The zero-order valence-electron chi connectivity index (χ0n) is 15.4. The highest BCUT2D eigenvalue weighted by atomic mass is 127. The molecule has 0 atom stereocenters. The molecular weight excluding hydrogens is 617 g/mol. The third-order valence-electron chi connectivity index (χ3n) is 3.77. The molecule has 1 aliphatic rings. The molecule has 0 bridgehead atoms. The smallest absolute Gasteiger partial charge is 0.363 e. The lowest BCUT2D eigenvalue weighted by molar-refractivity contribution is -0.129. The van der Waals surface area contributed by atoms with Crippen molar-refractivity contribution in [2.24, 2.45) is 4.99 Å². The molecule has 1 aliphatic heterocycles. The van der Waals surface area contributed by atoms with Gasteiger partial charge in [-0.15, -0.1) is 0 Å². The number of cyclic esters (lactones) is 1. The lowest BCUT2D eigenvalue weighted by Crippen LogP contribution is -2.05. The van der Waals surface area contributed by atoms with Crippen LogP contribution in [0.3, 0.4) is 0 Å². The van der Waals surface area contributed by atoms with Gasteiger partial charge in [0.25, 0.3) is 0 Å². The monoisotopic (exact) mass is 631 g/mol. The molecule has 0 spiro atoms. The normalized spacial score (nSPS) is 14.6. The van der Waals surface area contributed by atoms with Gasteiger partial charge in [-0.2, -0.15) is 0 Å². The Morgan fingerprint density at radius 3 is 2.69 bits per heavy atom. The molecule has 0 radical (unpaired) electrons. The van der Waals surface area contributed by atoms with Gasteiger partial charge in [-0.3, -0.25) is 0 Å². The zero-order valence-corrected chi connectivity index (χ0v) is 20.7. The van der Waals surface area contributed by atoms with Gasteiger partial charge >= 0.3 is 5.97 Å². The van der Waals surface area contributed by atoms with Crippen LogP contribution in [0.1, 0.15) is 18.1 Å². The molecule has 0 saturated carbocycles. The van der Waals surface area contributed by atoms with Crippen molar-refractivity contribution >= 4 is 72.4 Å². The zero-order chi connectivity index (χ0) is 21.0. The first-order valence-electron chi connectivity index (χ1n) is 8.61. The summed E-state index contributed by atoms with van der Waals surface area (Å²) in [5.41, 5.74) is 1.66. The maximum Gasteiger partial charge on any atom is 0.363 e. The first kappa shape index (κ1) is 22.0. The Kier molecular flexibility index (Phi) is 7.53. The van der Waals surface area contributed by atoms with Crippen molar-refractivity contribution in [2.75, 3.05) is 13.2 Å². The number of benzene rings is 2. The van der Waals surface area contributed by atoms with Crippen molar-refractivity contribution in [1.82, 2.24) is 0 Å². The van der Waals surface area contributed by atoms with Crippen LogP contribution < -0.4 is 9.47 Å². The van der Waals surface area contributed by atoms with E-state index in [0.717, 1.165) is 19.2 Å². The van der Waals surface area contributed by atoms with Gasteiger partial charge < -0.3 is 14.2 Å². The number of carbonyl (C=O) groups excluding carboxylic acids is 1. The van der Waals surface area contributed by atoms with Crippen LogP contribution >= 0.6 is 54.5 Å². The van der Waals surface area contributed by atoms with Gasteiger partial charge in [0.05, 0.1) is 11.1 Å². The van der Waals surface area contributed by atoms with Crippen LogP contribution in [0.5, 0.6) is 11.5 Å². The standard InChI is InChI=1S/C21H16Br2INO4/c1-3-7-28-19-15(23)8-12(10-18(19)27-4-2)9-17-21(26)29-20(25-17)13-5-6-16(24)14(22)11-13/h3,5-6,8-11H,1,4,7H2,2H3/b17-9-. The maximum absolute atomic E-state index is 12.3. The SMILES string of the molecule is C=CCOc1c(Br)cc(/C=C2\N=C(c3ccc(I)c(Br)c3)OC2=O)cc1OCC. The molecule has 3 rings (SSSR count). The molecule has 0 aliphatic carbocycles. The Morgan fingerprint density at radius 2 is 2.00 bits per heavy atom. The summed E-state index contributed by atoms with van der Waals surface area (Å²) in [5.74, 6) is 0.910. The highest BCUT2D eigenvalue weighted by Crippen LogP contribution is 2.38. The number of hydrogen-bond acceptors (Lipinski definition) is 5. The fourth-order valence-corrected chi connectivity index (χ4v) is 3.82. The Bertz CT molecular complexity index is 1030. The van der Waals surface area contributed by atoms with Crippen LogP contribution in [-0.2, 0) is 9.53 Å². The van der Waals surface area contributed by atoms with Gasteiger partial charge in [-0.25, -0.2) is 9.79 Å². The third-order valence-corrected chi connectivity index (χ3v) is 6.69. The molecule has 2 aromatic carbocycles. The number of ether oxygens (including phenoxy) is 3. The Morgan fingerprint density at radius 1 is 1.21 bits per heavy atom. The minimum absolute atomic E-state index is 0.212. The second-order valence-corrected chi connectivity index (χ2v) is 8.70. The summed E-state index contributed by atoms with van der Waals surface area (Å²) in [6.45, 7) is 6.37. The quantitative estimate of drug-likeness (QED) is 0.160. The molecule has 0 aromatic heterocycles. The molecule has 0 unspecified atom stereocenters. The maximum atomic E-state index is 12.3. The van der Waals surface area contributed by atoms with E-state index in [1.165, 1.54) is 0 Å². The average Bonchev–Trinajstić information content (AvgIpc) is 3.04. The molecule has 0 amide bonds. The predicted molar refractivity (Wildman–Crippen MR) is 128 cm³/mol. The van der Waals surface area contributed by atoms with E-state index in [1.807, 2.05) is 31.2 Å². The van der Waals surface area contributed by atoms with E-state index in [9.17, 15) is 4.79 Å². The van der Waals surface area contributed by atoms with Crippen LogP contribution in [0.25, 0.3) is 6.08 Å². The average molecular weight is 633 g/mol. The molecule has 29 heavy (non-hydrogen) atoms. The van der Waals surface area contributed by atoms with Crippen LogP contribution in [-0.4, -0.2) is 25.1 Å². The summed E-state index contributed by atoms with van der Waals surface area (Å²) in [6, 6.07) is 9.27. The second kappa shape index (κ2) is 9.90. The minimum atomic E-state index is -0.504. The minimum Gasteiger partial charge on any atom is -0.490 e. The molecule has 2 aromatic rings. The van der Waals surface area contributed by atoms with Gasteiger partial charge in [0.2, 0.25) is 5.90 Å². The Hall–Kier alpha value is -1.65. The van der Waals surface area contributed by atoms with E-state index in [4.69, 9.17) is 14.2 Å². The molecule has 0 N–H and O–H groups in total. The van der Waals surface area contributed by atoms with Gasteiger partial charge in [0.1, 0.15) is 6.61 Å². The fraction of sp³-hybridized carbons (Fsp3) is 0.143. The van der Waals surface area contributed by atoms with Crippen molar-refractivity contribution in [3.63, 3.8) is 0 Å². The lowest BCUT2D eigenvalue weighted by atomic mass is 10.1. The summed E-state index contributed by atoms with van der Waals surface area (Å²) < 4.78 is 19.4. The molecular formula is C21H16Br2INO4. The molecule has 0 saturated heterocycles. The number of nitrogens with zero attached hydrogens (tertiary/aromatic N) is 1. The van der Waals surface area contributed by atoms with E-state index in [2.05, 4.69) is 66.0 Å². The summed E-state index contributed by atoms with van der Waals surface area (Å²) in [5, 5.41) is 0. The summed E-state index contributed by atoms with van der Waals surface area (Å²) in [7, 11) is 0. The van der Waals surface area contributed by atoms with Gasteiger partial charge in [0, 0.05) is 13.6 Å². The predicted octanol–water partition coefficient (Wildman–Crippen LogP) is 6.12. The second-order valence-electron chi connectivity index (χ2n) is 5.83. The van der Waals surface area contributed by atoms with Crippen molar-refractivity contribution in [3.8, 4) is 11.5 Å². The number of rotatable bonds is 7. The van der Waals surface area contributed by atoms with Crippen molar-refractivity contribution < 1.29 is 19.0 Å². The summed E-state index contributed by atoms with van der Waals surface area (Å²) >= 11 is 9.19. The van der Waals surface area contributed by atoms with Crippen molar-refractivity contribution in [1.29, 1.82) is 0 Å². The van der Waals surface area contributed by atoms with E-state index in [1.54, 1.807) is 18.2 Å². The molecule has 150 valence electrons. The molecule has 5 nitrogen and oxygen atoms in total. The van der Waals surface area contributed by atoms with Crippen molar-refractivity contribution in [3.05, 3.63) is 72.3 Å². The van der Waals surface area contributed by atoms with E-state index < -0.39 is 5.97 Å². The third kappa shape index (κ3) is 5.29. The summed E-state index contributed by atoms with van der Waals surface area (Å²) in [4.78, 5) is 16.7. The Labute approximate surface area is 199 Å². The van der Waals surface area contributed by atoms with Crippen LogP contribution in [0.2, 0.25) is 0 Å². The summed E-state index contributed by atoms with van der Waals surface area (Å²) in [6.07, 6.45) is 3.31. The number of halogens is 3. The van der Waals surface area contributed by atoms with Gasteiger partial charge in [0.15, 0.2) is 17.2 Å². The molecule has 0 fully saturated rings. The molecule has 1 heterocycles. The first-order chi connectivity index (χ1) is 13.9. The van der Waals surface area contributed by atoms with E-state index >= 15 is 0 Å².